The number of aryl methyl sites for hydroxylation is 2. The number of nitrogens with one attached hydrogen (secondary N) is 1. The number of hydrogen-bond donors (Lipinski definition) is 1. The van der Waals surface area contributed by atoms with Crippen LogP contribution in [-0.2, 0) is 20.9 Å². The summed E-state index contributed by atoms with van der Waals surface area (Å²) in [4.78, 5) is 29.1. The molecule has 37 heavy (non-hydrogen) atoms. The van der Waals surface area contributed by atoms with E-state index in [1.54, 1.807) is 0 Å². The van der Waals surface area contributed by atoms with Gasteiger partial charge in [-0.2, -0.15) is 0 Å². The molecule has 1 atom stereocenters. The Hall–Kier alpha value is -2.61. The minimum atomic E-state index is -0.764. The normalized spacial score (nSPS) is 21.0. The van der Waals surface area contributed by atoms with E-state index in [2.05, 4.69) is 22.3 Å². The molecule has 0 saturated carbocycles. The highest BCUT2D eigenvalue weighted by Crippen LogP contribution is 2.30. The van der Waals surface area contributed by atoms with Crippen molar-refractivity contribution in [1.29, 1.82) is 0 Å². The molecule has 2 saturated heterocycles. The minimum absolute atomic E-state index is 0.0253. The third-order valence-corrected chi connectivity index (χ3v) is 7.81. The summed E-state index contributed by atoms with van der Waals surface area (Å²) in [5.41, 5.74) is 2.38. The van der Waals surface area contributed by atoms with Gasteiger partial charge < -0.3 is 19.7 Å². The van der Waals surface area contributed by atoms with E-state index in [1.165, 1.54) is 12.5 Å². The topological polar surface area (TPSA) is 71.1 Å². The van der Waals surface area contributed by atoms with Gasteiger partial charge in [0.25, 0.3) is 0 Å². The summed E-state index contributed by atoms with van der Waals surface area (Å²) in [6.07, 6.45) is 1.77. The number of rotatable bonds is 8. The summed E-state index contributed by atoms with van der Waals surface area (Å²) in [5, 5.41) is 3.71. The van der Waals surface area contributed by atoms with Crippen LogP contribution >= 0.6 is 11.6 Å². The largest absolute Gasteiger partial charge is 0.490 e. The number of likely N-dealkylation sites (tertiary alicyclic amines) is 1. The highest BCUT2D eigenvalue weighted by atomic mass is 35.5. The van der Waals surface area contributed by atoms with Crippen LogP contribution in [0.4, 0.5) is 0 Å². The number of carbonyl (C=O) groups is 2. The van der Waals surface area contributed by atoms with Crippen LogP contribution in [0.5, 0.6) is 5.75 Å². The van der Waals surface area contributed by atoms with E-state index in [0.717, 1.165) is 47.8 Å². The maximum Gasteiger partial charge on any atom is 0.225 e. The number of amides is 2. The average Bonchev–Trinajstić information content (AvgIpc) is 2.87. The van der Waals surface area contributed by atoms with Crippen LogP contribution in [0, 0.1) is 13.8 Å². The highest BCUT2D eigenvalue weighted by Gasteiger charge is 2.41. The van der Waals surface area contributed by atoms with Crippen LogP contribution in [0.1, 0.15) is 42.9 Å². The molecule has 7 nitrogen and oxygen atoms in total. The number of halogens is 1. The van der Waals surface area contributed by atoms with Crippen molar-refractivity contribution in [2.45, 2.75) is 58.2 Å². The van der Waals surface area contributed by atoms with Gasteiger partial charge in [-0.25, -0.2) is 0 Å². The third kappa shape index (κ3) is 7.46. The van der Waals surface area contributed by atoms with E-state index in [0.29, 0.717) is 26.2 Å². The van der Waals surface area contributed by atoms with Crippen molar-refractivity contribution in [2.24, 2.45) is 0 Å². The summed E-state index contributed by atoms with van der Waals surface area (Å²) >= 11 is 6.35. The van der Waals surface area contributed by atoms with Gasteiger partial charge in [0.1, 0.15) is 18.0 Å². The second kappa shape index (κ2) is 12.3. The van der Waals surface area contributed by atoms with Crippen LogP contribution in [0.15, 0.2) is 42.5 Å². The van der Waals surface area contributed by atoms with Gasteiger partial charge in [0.05, 0.1) is 13.0 Å². The van der Waals surface area contributed by atoms with E-state index in [-0.39, 0.29) is 30.9 Å². The molecule has 2 amide bonds. The monoisotopic (exact) mass is 527 g/mol. The van der Waals surface area contributed by atoms with E-state index in [1.807, 2.05) is 49.1 Å². The number of ether oxygens (including phenoxy) is 2. The number of benzene rings is 2. The van der Waals surface area contributed by atoms with Gasteiger partial charge >= 0.3 is 0 Å². The number of piperidine rings is 1. The van der Waals surface area contributed by atoms with Gasteiger partial charge in [0.15, 0.2) is 0 Å². The standard InChI is InChI=1S/C29H38ClN3O4/c1-21-15-26(16-22(2)28(21)30)36-20-29(17-27(35)33-11-9-25(10-12-33)31-23(3)34)19-32(13-14-37-29)18-24-7-5-4-6-8-24/h4-8,15-16,25H,9-14,17-20H2,1-3H3,(H,31,34)/t29-/m0/s1. The Morgan fingerprint density at radius 2 is 1.78 bits per heavy atom. The Labute approximate surface area is 225 Å². The Balaban J connectivity index is 1.47. The maximum absolute atomic E-state index is 13.5. The van der Waals surface area contributed by atoms with E-state index >= 15 is 0 Å². The Morgan fingerprint density at radius 3 is 2.43 bits per heavy atom. The molecule has 4 rings (SSSR count). The first-order chi connectivity index (χ1) is 17.7. The predicted molar refractivity (Wildman–Crippen MR) is 145 cm³/mol. The van der Waals surface area contributed by atoms with Crippen LogP contribution in [0.3, 0.4) is 0 Å². The molecule has 0 aromatic heterocycles. The molecular weight excluding hydrogens is 490 g/mol. The van der Waals surface area contributed by atoms with Gasteiger partial charge in [0, 0.05) is 50.7 Å². The summed E-state index contributed by atoms with van der Waals surface area (Å²) in [5.74, 6) is 0.767. The van der Waals surface area contributed by atoms with Gasteiger partial charge in [-0.1, -0.05) is 41.9 Å². The van der Waals surface area contributed by atoms with Crippen LogP contribution in [-0.4, -0.2) is 72.6 Å². The van der Waals surface area contributed by atoms with Crippen molar-refractivity contribution < 1.29 is 19.1 Å². The van der Waals surface area contributed by atoms with E-state index in [4.69, 9.17) is 21.1 Å². The van der Waals surface area contributed by atoms with Gasteiger partial charge in [-0.05, 0) is 55.5 Å². The predicted octanol–water partition coefficient (Wildman–Crippen LogP) is 4.12. The number of carbonyl (C=O) groups excluding carboxylic acids is 2. The average molecular weight is 528 g/mol. The summed E-state index contributed by atoms with van der Waals surface area (Å²) in [6.45, 7) is 9.71. The Kier molecular flexibility index (Phi) is 9.11. The second-order valence-electron chi connectivity index (χ2n) is 10.4. The van der Waals surface area contributed by atoms with E-state index in [9.17, 15) is 9.59 Å². The molecule has 0 spiro atoms. The zero-order valence-electron chi connectivity index (χ0n) is 22.1. The van der Waals surface area contributed by atoms with Gasteiger partial charge in [-0.15, -0.1) is 0 Å². The van der Waals surface area contributed by atoms with Crippen molar-refractivity contribution in [3.8, 4) is 5.75 Å². The molecule has 1 N–H and O–H groups in total. The number of morpholine rings is 1. The third-order valence-electron chi connectivity index (χ3n) is 7.22. The zero-order valence-corrected chi connectivity index (χ0v) is 22.9. The molecule has 0 unspecified atom stereocenters. The molecule has 2 aromatic carbocycles. The zero-order chi connectivity index (χ0) is 26.4. The first-order valence-corrected chi connectivity index (χ1v) is 13.5. The van der Waals surface area contributed by atoms with Crippen molar-refractivity contribution in [3.05, 3.63) is 64.2 Å². The quantitative estimate of drug-likeness (QED) is 0.559. The molecule has 8 heteroatoms. The SMILES string of the molecule is CC(=O)NC1CCN(C(=O)C[C@@]2(COc3cc(C)c(Cl)c(C)c3)CN(Cc3ccccc3)CCO2)CC1. The molecule has 0 radical (unpaired) electrons. The lowest BCUT2D eigenvalue weighted by Crippen LogP contribution is -2.57. The van der Waals surface area contributed by atoms with Crippen LogP contribution in [0.2, 0.25) is 5.02 Å². The van der Waals surface area contributed by atoms with Gasteiger partial charge in [-0.3, -0.25) is 14.5 Å². The molecule has 0 aliphatic carbocycles. The second-order valence-corrected chi connectivity index (χ2v) is 10.8. The lowest BCUT2D eigenvalue weighted by Gasteiger charge is -2.43. The fourth-order valence-electron chi connectivity index (χ4n) is 5.30. The molecular formula is C29H38ClN3O4. The van der Waals surface area contributed by atoms with Crippen molar-refractivity contribution in [3.63, 3.8) is 0 Å². The molecule has 2 aliphatic heterocycles. The molecule has 2 fully saturated rings. The Morgan fingerprint density at radius 1 is 1.11 bits per heavy atom. The number of hydrogen-bond acceptors (Lipinski definition) is 5. The van der Waals surface area contributed by atoms with Crippen LogP contribution < -0.4 is 10.1 Å². The fourth-order valence-corrected chi connectivity index (χ4v) is 5.41. The molecule has 200 valence electrons. The highest BCUT2D eigenvalue weighted by molar-refractivity contribution is 6.32. The molecule has 2 aromatic rings. The van der Waals surface area contributed by atoms with Crippen molar-refractivity contribution in [1.82, 2.24) is 15.1 Å². The van der Waals surface area contributed by atoms with Crippen LogP contribution in [0.25, 0.3) is 0 Å². The van der Waals surface area contributed by atoms with Gasteiger partial charge in [0.2, 0.25) is 11.8 Å². The number of nitrogens with zero attached hydrogens (tertiary/aromatic N) is 2. The fraction of sp³-hybridized carbons (Fsp3) is 0.517. The van der Waals surface area contributed by atoms with Crippen molar-refractivity contribution in [2.75, 3.05) is 39.4 Å². The lowest BCUT2D eigenvalue weighted by molar-refractivity contribution is -0.157. The molecule has 2 heterocycles. The summed E-state index contributed by atoms with van der Waals surface area (Å²) in [6, 6.07) is 14.4. The molecule has 0 bridgehead atoms. The van der Waals surface area contributed by atoms with Crippen molar-refractivity contribution >= 4 is 23.4 Å². The summed E-state index contributed by atoms with van der Waals surface area (Å²) < 4.78 is 12.7. The maximum atomic E-state index is 13.5. The Bertz CT molecular complexity index is 1060. The first kappa shape index (κ1) is 27.4. The minimum Gasteiger partial charge on any atom is -0.490 e. The lowest BCUT2D eigenvalue weighted by atomic mass is 9.95. The first-order valence-electron chi connectivity index (χ1n) is 13.1. The summed E-state index contributed by atoms with van der Waals surface area (Å²) in [7, 11) is 0. The van der Waals surface area contributed by atoms with E-state index < -0.39 is 5.60 Å². The smallest absolute Gasteiger partial charge is 0.225 e. The molecule has 2 aliphatic rings.